The molecule has 19 heavy (non-hydrogen) atoms. The summed E-state index contributed by atoms with van der Waals surface area (Å²) in [6, 6.07) is 1.54. The highest BCUT2D eigenvalue weighted by atomic mass is 32.2. The fourth-order valence-corrected chi connectivity index (χ4v) is 5.08. The van der Waals surface area contributed by atoms with Crippen molar-refractivity contribution in [2.24, 2.45) is 11.5 Å². The Balaban J connectivity index is 1.66. The second kappa shape index (κ2) is 4.92. The molecule has 0 saturated carbocycles. The standard InChI is InChI=1S/C15H25N3S/c1-15(17)9-12(5-6-14(15)16)19-13-7-10-3-4-11(8-13)18(10)2/h5-6,9-11,13-14H,3-4,7-8,16-17H2,1-2H3. The Hall–Kier alpha value is -0.290. The van der Waals surface area contributed by atoms with Crippen LogP contribution in [0.2, 0.25) is 0 Å². The number of nitrogens with zero attached hydrogens (tertiary/aromatic N) is 1. The average molecular weight is 279 g/mol. The summed E-state index contributed by atoms with van der Waals surface area (Å²) < 4.78 is 0. The molecule has 0 aromatic rings. The molecule has 0 amide bonds. The zero-order valence-corrected chi connectivity index (χ0v) is 12.7. The minimum absolute atomic E-state index is 0.0643. The van der Waals surface area contributed by atoms with Gasteiger partial charge in [0.05, 0.1) is 5.54 Å². The molecule has 4 heteroatoms. The summed E-state index contributed by atoms with van der Waals surface area (Å²) in [4.78, 5) is 3.89. The normalized spacial score (nSPS) is 46.4. The minimum atomic E-state index is -0.401. The number of piperidine rings is 1. The summed E-state index contributed by atoms with van der Waals surface area (Å²) in [5.41, 5.74) is 11.8. The van der Waals surface area contributed by atoms with Crippen molar-refractivity contribution in [1.29, 1.82) is 0 Å². The van der Waals surface area contributed by atoms with Crippen molar-refractivity contribution in [3.63, 3.8) is 0 Å². The molecule has 4 N–H and O–H groups in total. The van der Waals surface area contributed by atoms with Crippen LogP contribution in [0.5, 0.6) is 0 Å². The maximum absolute atomic E-state index is 6.23. The van der Waals surface area contributed by atoms with Crippen LogP contribution in [-0.4, -0.2) is 40.9 Å². The lowest BCUT2D eigenvalue weighted by Gasteiger charge is -2.37. The molecule has 4 unspecified atom stereocenters. The molecule has 3 aliphatic rings. The minimum Gasteiger partial charge on any atom is -0.323 e. The van der Waals surface area contributed by atoms with Crippen molar-refractivity contribution in [2.45, 2.75) is 61.5 Å². The van der Waals surface area contributed by atoms with Gasteiger partial charge in [-0.05, 0) is 45.7 Å². The van der Waals surface area contributed by atoms with E-state index in [-0.39, 0.29) is 6.04 Å². The number of hydrogen-bond acceptors (Lipinski definition) is 4. The molecule has 2 aliphatic heterocycles. The predicted octanol–water partition coefficient (Wildman–Crippen LogP) is 1.84. The van der Waals surface area contributed by atoms with Gasteiger partial charge in [-0.15, -0.1) is 11.8 Å². The van der Waals surface area contributed by atoms with Gasteiger partial charge >= 0.3 is 0 Å². The average Bonchev–Trinajstić information content (AvgIpc) is 2.58. The molecule has 4 atom stereocenters. The molecule has 2 saturated heterocycles. The van der Waals surface area contributed by atoms with Gasteiger partial charge < -0.3 is 16.4 Å². The van der Waals surface area contributed by atoms with E-state index in [1.807, 2.05) is 24.8 Å². The van der Waals surface area contributed by atoms with Crippen LogP contribution in [0.3, 0.4) is 0 Å². The molecule has 3 nitrogen and oxygen atoms in total. The van der Waals surface area contributed by atoms with Gasteiger partial charge in [0.25, 0.3) is 0 Å². The molecule has 1 aliphatic carbocycles. The Labute approximate surface area is 120 Å². The molecular formula is C15H25N3S. The van der Waals surface area contributed by atoms with E-state index in [0.29, 0.717) is 0 Å². The maximum Gasteiger partial charge on any atom is 0.0514 e. The Morgan fingerprint density at radius 1 is 1.32 bits per heavy atom. The van der Waals surface area contributed by atoms with Crippen LogP contribution in [-0.2, 0) is 0 Å². The highest BCUT2D eigenvalue weighted by Gasteiger charge is 2.39. The van der Waals surface area contributed by atoms with Gasteiger partial charge in [-0.25, -0.2) is 0 Å². The zero-order chi connectivity index (χ0) is 13.6. The predicted molar refractivity (Wildman–Crippen MR) is 83.0 cm³/mol. The number of thioether (sulfide) groups is 1. The van der Waals surface area contributed by atoms with Crippen LogP contribution in [0.1, 0.15) is 32.6 Å². The van der Waals surface area contributed by atoms with Crippen LogP contribution in [0.4, 0.5) is 0 Å². The molecule has 106 valence electrons. The van der Waals surface area contributed by atoms with E-state index < -0.39 is 5.54 Å². The summed E-state index contributed by atoms with van der Waals surface area (Å²) in [6.07, 6.45) is 11.8. The first-order valence-electron chi connectivity index (χ1n) is 7.30. The SMILES string of the molecule is CN1C2CCC1CC(SC1=CC(C)(N)C(N)C=C1)C2. The first kappa shape index (κ1) is 13.7. The second-order valence-corrected chi connectivity index (χ2v) is 7.93. The van der Waals surface area contributed by atoms with Gasteiger partial charge in [0, 0.05) is 28.3 Å². The molecular weight excluding hydrogens is 254 g/mol. The van der Waals surface area contributed by atoms with Crippen molar-refractivity contribution < 1.29 is 0 Å². The van der Waals surface area contributed by atoms with Crippen molar-refractivity contribution in [2.75, 3.05) is 7.05 Å². The van der Waals surface area contributed by atoms with Gasteiger partial charge in [0.1, 0.15) is 0 Å². The third-order valence-corrected chi connectivity index (χ3v) is 6.24. The van der Waals surface area contributed by atoms with Crippen molar-refractivity contribution in [3.8, 4) is 0 Å². The smallest absolute Gasteiger partial charge is 0.0514 e. The van der Waals surface area contributed by atoms with E-state index in [2.05, 4.69) is 24.1 Å². The molecule has 2 heterocycles. The molecule has 0 aromatic carbocycles. The van der Waals surface area contributed by atoms with Crippen molar-refractivity contribution in [3.05, 3.63) is 23.1 Å². The number of fused-ring (bicyclic) bond motifs is 2. The van der Waals surface area contributed by atoms with E-state index >= 15 is 0 Å². The molecule has 2 bridgehead atoms. The van der Waals surface area contributed by atoms with Crippen LogP contribution < -0.4 is 11.5 Å². The number of rotatable bonds is 2. The molecule has 0 spiro atoms. The number of allylic oxidation sites excluding steroid dienone is 1. The summed E-state index contributed by atoms with van der Waals surface area (Å²) >= 11 is 2.01. The van der Waals surface area contributed by atoms with Crippen LogP contribution in [0.25, 0.3) is 0 Å². The molecule has 0 aromatic heterocycles. The Morgan fingerprint density at radius 2 is 1.95 bits per heavy atom. The monoisotopic (exact) mass is 279 g/mol. The van der Waals surface area contributed by atoms with E-state index in [1.54, 1.807) is 0 Å². The van der Waals surface area contributed by atoms with Crippen LogP contribution in [0.15, 0.2) is 23.1 Å². The number of nitrogens with two attached hydrogens (primary N) is 2. The zero-order valence-electron chi connectivity index (χ0n) is 11.9. The van der Waals surface area contributed by atoms with E-state index in [4.69, 9.17) is 11.5 Å². The van der Waals surface area contributed by atoms with Gasteiger partial charge in [0.2, 0.25) is 0 Å². The van der Waals surface area contributed by atoms with Crippen LogP contribution >= 0.6 is 11.8 Å². The lowest BCUT2D eigenvalue weighted by molar-refractivity contribution is 0.183. The van der Waals surface area contributed by atoms with Crippen molar-refractivity contribution >= 4 is 11.8 Å². The third kappa shape index (κ3) is 2.64. The lowest BCUT2D eigenvalue weighted by atomic mass is 9.90. The second-order valence-electron chi connectivity index (χ2n) is 6.56. The Kier molecular flexibility index (Phi) is 3.54. The van der Waals surface area contributed by atoms with E-state index in [0.717, 1.165) is 17.3 Å². The highest BCUT2D eigenvalue weighted by molar-refractivity contribution is 8.03. The topological polar surface area (TPSA) is 55.3 Å². The number of hydrogen-bond donors (Lipinski definition) is 2. The summed E-state index contributed by atoms with van der Waals surface area (Å²) in [6.45, 7) is 2.01. The van der Waals surface area contributed by atoms with Gasteiger partial charge in [-0.3, -0.25) is 0 Å². The summed E-state index contributed by atoms with van der Waals surface area (Å²) in [7, 11) is 2.29. The highest BCUT2D eigenvalue weighted by Crippen LogP contribution is 2.42. The third-order valence-electron chi connectivity index (χ3n) is 5.00. The quantitative estimate of drug-likeness (QED) is 0.810. The fraction of sp³-hybridized carbons (Fsp3) is 0.733. The van der Waals surface area contributed by atoms with Crippen LogP contribution in [0, 0.1) is 0 Å². The van der Waals surface area contributed by atoms with E-state index in [1.165, 1.54) is 30.6 Å². The van der Waals surface area contributed by atoms with Gasteiger partial charge in [0.15, 0.2) is 0 Å². The molecule has 0 radical (unpaired) electrons. The van der Waals surface area contributed by atoms with Crippen molar-refractivity contribution in [1.82, 2.24) is 4.90 Å². The maximum atomic E-state index is 6.23. The first-order valence-corrected chi connectivity index (χ1v) is 8.18. The van der Waals surface area contributed by atoms with E-state index in [9.17, 15) is 0 Å². The lowest BCUT2D eigenvalue weighted by Crippen LogP contribution is -2.51. The van der Waals surface area contributed by atoms with Gasteiger partial charge in [-0.1, -0.05) is 12.2 Å². The fourth-order valence-electron chi connectivity index (χ4n) is 3.58. The largest absolute Gasteiger partial charge is 0.323 e. The Bertz CT molecular complexity index is 402. The summed E-state index contributed by atoms with van der Waals surface area (Å²) in [5.74, 6) is 0. The molecule has 2 fully saturated rings. The summed E-state index contributed by atoms with van der Waals surface area (Å²) in [5, 5.41) is 0.745. The Morgan fingerprint density at radius 3 is 2.53 bits per heavy atom. The molecule has 3 rings (SSSR count). The first-order chi connectivity index (χ1) is 8.95. The van der Waals surface area contributed by atoms with Gasteiger partial charge in [-0.2, -0.15) is 0 Å².